The molecule has 7 nitrogen and oxygen atoms in total. The second-order valence-electron chi connectivity index (χ2n) is 6.94. The Morgan fingerprint density at radius 1 is 1.07 bits per heavy atom. The van der Waals surface area contributed by atoms with Gasteiger partial charge in [-0.3, -0.25) is 9.10 Å². The van der Waals surface area contributed by atoms with Gasteiger partial charge in [0.05, 0.1) is 36.9 Å². The largest absolute Gasteiger partial charge is 0.495 e. The summed E-state index contributed by atoms with van der Waals surface area (Å²) in [4.78, 5) is 12.4. The highest BCUT2D eigenvalue weighted by Crippen LogP contribution is 2.36. The third-order valence-corrected chi connectivity index (χ3v) is 6.18. The van der Waals surface area contributed by atoms with Crippen molar-refractivity contribution in [3.63, 3.8) is 0 Å². The highest BCUT2D eigenvalue weighted by Gasteiger charge is 2.19. The summed E-state index contributed by atoms with van der Waals surface area (Å²) in [5.41, 5.74) is 3.10. The van der Waals surface area contributed by atoms with Gasteiger partial charge in [0.1, 0.15) is 11.5 Å². The molecule has 0 radical (unpaired) electrons. The first kappa shape index (κ1) is 23.8. The standard InChI is InChI=1S/C21H27ClN2O5S/c1-14-8-9-16(11-15(14)2)24(30(5,26)27)10-6-7-21(25)23-18-13-19(28-3)17(22)12-20(18)29-4/h8-9,11-13H,6-7,10H2,1-5H3,(H,23,25). The van der Waals surface area contributed by atoms with Gasteiger partial charge >= 0.3 is 0 Å². The number of hydrogen-bond acceptors (Lipinski definition) is 5. The SMILES string of the molecule is COc1cc(NC(=O)CCCN(c2ccc(C)c(C)c2)S(C)(=O)=O)c(OC)cc1Cl. The molecular weight excluding hydrogens is 428 g/mol. The monoisotopic (exact) mass is 454 g/mol. The van der Waals surface area contributed by atoms with E-state index in [1.165, 1.54) is 18.5 Å². The number of aryl methyl sites for hydroxylation is 2. The number of methoxy groups -OCH3 is 2. The predicted octanol–water partition coefficient (Wildman–Crippen LogP) is 4.16. The van der Waals surface area contributed by atoms with Crippen molar-refractivity contribution in [2.24, 2.45) is 0 Å². The van der Waals surface area contributed by atoms with Gasteiger partial charge in [0, 0.05) is 25.1 Å². The molecule has 2 rings (SSSR count). The van der Waals surface area contributed by atoms with Gasteiger partial charge in [0.25, 0.3) is 0 Å². The molecule has 30 heavy (non-hydrogen) atoms. The average Bonchev–Trinajstić information content (AvgIpc) is 2.67. The maximum atomic E-state index is 12.4. The molecule has 2 aromatic rings. The van der Waals surface area contributed by atoms with Crippen molar-refractivity contribution in [2.45, 2.75) is 26.7 Å². The fourth-order valence-corrected chi connectivity index (χ4v) is 4.11. The van der Waals surface area contributed by atoms with Crippen LogP contribution in [0.5, 0.6) is 11.5 Å². The number of nitrogens with zero attached hydrogens (tertiary/aromatic N) is 1. The summed E-state index contributed by atoms with van der Waals surface area (Å²) >= 11 is 6.08. The van der Waals surface area contributed by atoms with Crippen LogP contribution in [-0.2, 0) is 14.8 Å². The van der Waals surface area contributed by atoms with E-state index in [9.17, 15) is 13.2 Å². The molecule has 1 N–H and O–H groups in total. The average molecular weight is 455 g/mol. The Morgan fingerprint density at radius 3 is 2.30 bits per heavy atom. The highest BCUT2D eigenvalue weighted by atomic mass is 35.5. The minimum atomic E-state index is -3.48. The van der Waals surface area contributed by atoms with Crippen molar-refractivity contribution in [1.82, 2.24) is 0 Å². The summed E-state index contributed by atoms with van der Waals surface area (Å²) in [5, 5.41) is 3.13. The van der Waals surface area contributed by atoms with E-state index >= 15 is 0 Å². The van der Waals surface area contributed by atoms with Gasteiger partial charge < -0.3 is 14.8 Å². The summed E-state index contributed by atoms with van der Waals surface area (Å²) in [6, 6.07) is 8.63. The van der Waals surface area contributed by atoms with Crippen molar-refractivity contribution in [1.29, 1.82) is 0 Å². The third-order valence-electron chi connectivity index (χ3n) is 4.69. The van der Waals surface area contributed by atoms with Crippen LogP contribution in [-0.4, -0.2) is 41.3 Å². The molecular formula is C21H27ClN2O5S. The van der Waals surface area contributed by atoms with Crippen molar-refractivity contribution in [3.8, 4) is 11.5 Å². The van der Waals surface area contributed by atoms with Crippen LogP contribution in [0.15, 0.2) is 30.3 Å². The van der Waals surface area contributed by atoms with Crippen LogP contribution in [0.3, 0.4) is 0 Å². The van der Waals surface area contributed by atoms with E-state index < -0.39 is 10.0 Å². The van der Waals surface area contributed by atoms with E-state index in [1.54, 1.807) is 18.2 Å². The Hall–Kier alpha value is -2.45. The lowest BCUT2D eigenvalue weighted by Gasteiger charge is -2.23. The summed E-state index contributed by atoms with van der Waals surface area (Å²) < 4.78 is 36.3. The lowest BCUT2D eigenvalue weighted by atomic mass is 10.1. The zero-order valence-corrected chi connectivity index (χ0v) is 19.4. The zero-order valence-electron chi connectivity index (χ0n) is 17.8. The molecule has 9 heteroatoms. The molecule has 0 aliphatic heterocycles. The smallest absolute Gasteiger partial charge is 0.232 e. The number of halogens is 1. The molecule has 0 bridgehead atoms. The summed E-state index contributed by atoms with van der Waals surface area (Å²) in [7, 11) is -0.527. The first-order chi connectivity index (χ1) is 14.1. The Labute approximate surface area is 183 Å². The van der Waals surface area contributed by atoms with Crippen LogP contribution in [0, 0.1) is 13.8 Å². The van der Waals surface area contributed by atoms with Crippen LogP contribution in [0.25, 0.3) is 0 Å². The number of amides is 1. The summed E-state index contributed by atoms with van der Waals surface area (Å²) in [6.07, 6.45) is 1.64. The number of sulfonamides is 1. The molecule has 0 saturated heterocycles. The molecule has 0 aliphatic rings. The van der Waals surface area contributed by atoms with E-state index in [0.717, 1.165) is 17.4 Å². The van der Waals surface area contributed by atoms with Crippen LogP contribution < -0.4 is 19.1 Å². The predicted molar refractivity (Wildman–Crippen MR) is 121 cm³/mol. The lowest BCUT2D eigenvalue weighted by Crippen LogP contribution is -2.31. The number of carbonyl (C=O) groups excluding carboxylic acids is 1. The zero-order chi connectivity index (χ0) is 22.5. The van der Waals surface area contributed by atoms with Gasteiger partial charge in [-0.25, -0.2) is 8.42 Å². The minimum absolute atomic E-state index is 0.130. The molecule has 0 heterocycles. The fourth-order valence-electron chi connectivity index (χ4n) is 2.92. The molecule has 164 valence electrons. The normalized spacial score (nSPS) is 11.1. The fraction of sp³-hybridized carbons (Fsp3) is 0.381. The van der Waals surface area contributed by atoms with E-state index in [2.05, 4.69) is 5.32 Å². The number of rotatable bonds is 9. The summed E-state index contributed by atoms with van der Waals surface area (Å²) in [6.45, 7) is 4.09. The van der Waals surface area contributed by atoms with Gasteiger partial charge in [-0.2, -0.15) is 0 Å². The molecule has 0 aliphatic carbocycles. The Morgan fingerprint density at radius 2 is 1.73 bits per heavy atom. The minimum Gasteiger partial charge on any atom is -0.495 e. The number of carbonyl (C=O) groups is 1. The maximum Gasteiger partial charge on any atom is 0.232 e. The molecule has 0 aromatic heterocycles. The highest BCUT2D eigenvalue weighted by molar-refractivity contribution is 7.92. The number of ether oxygens (including phenoxy) is 2. The number of hydrogen-bond donors (Lipinski definition) is 1. The molecule has 0 saturated carbocycles. The Bertz CT molecular complexity index is 1020. The van der Waals surface area contributed by atoms with Gasteiger partial charge in [-0.05, 0) is 43.5 Å². The Kier molecular flexibility index (Phi) is 7.97. The van der Waals surface area contributed by atoms with Crippen molar-refractivity contribution in [2.75, 3.05) is 36.6 Å². The van der Waals surface area contributed by atoms with Crippen LogP contribution >= 0.6 is 11.6 Å². The number of anilines is 2. The summed E-state index contributed by atoms with van der Waals surface area (Å²) in [5.74, 6) is 0.541. The first-order valence-corrected chi connectivity index (χ1v) is 11.6. The topological polar surface area (TPSA) is 84.9 Å². The van der Waals surface area contributed by atoms with Gasteiger partial charge in [0.2, 0.25) is 15.9 Å². The molecule has 0 spiro atoms. The van der Waals surface area contributed by atoms with E-state index in [1.807, 2.05) is 26.0 Å². The van der Waals surface area contributed by atoms with Crippen molar-refractivity contribution < 1.29 is 22.7 Å². The molecule has 0 unspecified atom stereocenters. The van der Waals surface area contributed by atoms with Crippen LogP contribution in [0.4, 0.5) is 11.4 Å². The van der Waals surface area contributed by atoms with Crippen LogP contribution in [0.2, 0.25) is 5.02 Å². The van der Waals surface area contributed by atoms with Gasteiger partial charge in [0.15, 0.2) is 0 Å². The molecule has 0 atom stereocenters. The quantitative estimate of drug-likeness (QED) is 0.615. The number of benzene rings is 2. The molecule has 0 fully saturated rings. The van der Waals surface area contributed by atoms with E-state index in [-0.39, 0.29) is 18.9 Å². The van der Waals surface area contributed by atoms with Gasteiger partial charge in [-0.1, -0.05) is 17.7 Å². The van der Waals surface area contributed by atoms with Crippen molar-refractivity contribution in [3.05, 3.63) is 46.5 Å². The molecule has 1 amide bonds. The van der Waals surface area contributed by atoms with Gasteiger partial charge in [-0.15, -0.1) is 0 Å². The van der Waals surface area contributed by atoms with Crippen LogP contribution in [0.1, 0.15) is 24.0 Å². The Balaban J connectivity index is 2.07. The molecule has 2 aromatic carbocycles. The third kappa shape index (κ3) is 6.03. The first-order valence-electron chi connectivity index (χ1n) is 9.33. The lowest BCUT2D eigenvalue weighted by molar-refractivity contribution is -0.116. The van der Waals surface area contributed by atoms with Crippen molar-refractivity contribution >= 4 is 38.9 Å². The van der Waals surface area contributed by atoms with E-state index in [0.29, 0.717) is 34.3 Å². The second kappa shape index (κ2) is 10.0. The second-order valence-corrected chi connectivity index (χ2v) is 9.26. The van der Waals surface area contributed by atoms with E-state index in [4.69, 9.17) is 21.1 Å². The number of nitrogens with one attached hydrogen (secondary N) is 1. The maximum absolute atomic E-state index is 12.4.